The largest absolute Gasteiger partial charge is 0.494 e. The normalized spacial score (nSPS) is 11.6. The van der Waals surface area contributed by atoms with Crippen molar-refractivity contribution < 1.29 is 5.11 Å². The summed E-state index contributed by atoms with van der Waals surface area (Å²) in [7, 11) is 0. The summed E-state index contributed by atoms with van der Waals surface area (Å²) in [6.07, 6.45) is 3.89. The lowest BCUT2D eigenvalue weighted by Gasteiger charge is -2.04. The van der Waals surface area contributed by atoms with E-state index in [-0.39, 0.29) is 5.88 Å². The molecule has 23 heavy (non-hydrogen) atoms. The number of nitrogens with zero attached hydrogens (tertiary/aromatic N) is 1. The SMILES string of the molecule is CCCc1ccc(N=Cc2c(O)[nH]c3ccc(Cl)cc23)cc1C. The van der Waals surface area contributed by atoms with Gasteiger partial charge in [-0.2, -0.15) is 0 Å². The van der Waals surface area contributed by atoms with Crippen molar-refractivity contribution in [2.45, 2.75) is 26.7 Å². The highest BCUT2D eigenvalue weighted by Crippen LogP contribution is 2.29. The fourth-order valence-corrected chi connectivity index (χ4v) is 2.92. The molecule has 0 spiro atoms. The Balaban J connectivity index is 1.95. The molecule has 0 bridgehead atoms. The molecule has 118 valence electrons. The number of nitrogens with one attached hydrogen (secondary N) is 1. The minimum Gasteiger partial charge on any atom is -0.494 e. The molecular weight excluding hydrogens is 308 g/mol. The van der Waals surface area contributed by atoms with Gasteiger partial charge >= 0.3 is 0 Å². The van der Waals surface area contributed by atoms with E-state index in [1.165, 1.54) is 11.1 Å². The summed E-state index contributed by atoms with van der Waals surface area (Å²) in [6.45, 7) is 4.28. The minimum absolute atomic E-state index is 0.102. The first-order valence-corrected chi connectivity index (χ1v) is 8.10. The molecule has 2 aromatic carbocycles. The highest BCUT2D eigenvalue weighted by Gasteiger charge is 2.09. The molecule has 0 amide bonds. The van der Waals surface area contributed by atoms with Gasteiger partial charge in [0.1, 0.15) is 0 Å². The standard InChI is InChI=1S/C19H19ClN2O/c1-3-4-13-5-7-15(9-12(13)2)21-11-17-16-10-14(20)6-8-18(16)22-19(17)23/h5-11,22-23H,3-4H2,1-2H3. The molecule has 2 N–H and O–H groups in total. The van der Waals surface area contributed by atoms with Crippen LogP contribution in [0.2, 0.25) is 5.02 Å². The molecule has 0 atom stereocenters. The maximum atomic E-state index is 10.1. The fourth-order valence-electron chi connectivity index (χ4n) is 2.75. The molecule has 1 heterocycles. The van der Waals surface area contributed by atoms with Gasteiger partial charge in [-0.15, -0.1) is 0 Å². The van der Waals surface area contributed by atoms with E-state index < -0.39 is 0 Å². The van der Waals surface area contributed by atoms with E-state index in [2.05, 4.69) is 36.0 Å². The average Bonchev–Trinajstić information content (AvgIpc) is 2.83. The van der Waals surface area contributed by atoms with Crippen molar-refractivity contribution in [2.75, 3.05) is 0 Å². The van der Waals surface area contributed by atoms with E-state index in [1.807, 2.05) is 18.2 Å². The molecule has 0 fully saturated rings. The van der Waals surface area contributed by atoms with Gasteiger partial charge in [-0.05, 0) is 54.8 Å². The molecule has 4 heteroatoms. The second kappa shape index (κ2) is 6.47. The van der Waals surface area contributed by atoms with Crippen molar-refractivity contribution in [2.24, 2.45) is 4.99 Å². The number of aromatic nitrogens is 1. The Hall–Kier alpha value is -2.26. The van der Waals surface area contributed by atoms with Crippen LogP contribution in [0.1, 0.15) is 30.0 Å². The molecule has 1 aromatic heterocycles. The van der Waals surface area contributed by atoms with Crippen molar-refractivity contribution in [1.29, 1.82) is 0 Å². The first-order valence-electron chi connectivity index (χ1n) is 7.72. The highest BCUT2D eigenvalue weighted by molar-refractivity contribution is 6.31. The first kappa shape index (κ1) is 15.6. The van der Waals surface area contributed by atoms with Crippen LogP contribution in [-0.2, 0) is 6.42 Å². The lowest BCUT2D eigenvalue weighted by atomic mass is 10.0. The molecule has 0 aliphatic heterocycles. The highest BCUT2D eigenvalue weighted by atomic mass is 35.5. The molecule has 3 aromatic rings. The summed E-state index contributed by atoms with van der Waals surface area (Å²) < 4.78 is 0. The van der Waals surface area contributed by atoms with Crippen LogP contribution < -0.4 is 0 Å². The minimum atomic E-state index is 0.102. The predicted molar refractivity (Wildman–Crippen MR) is 97.4 cm³/mol. The van der Waals surface area contributed by atoms with Gasteiger partial charge in [0.25, 0.3) is 0 Å². The molecular formula is C19H19ClN2O. The summed E-state index contributed by atoms with van der Waals surface area (Å²) in [5, 5.41) is 11.6. The maximum absolute atomic E-state index is 10.1. The summed E-state index contributed by atoms with van der Waals surface area (Å²) in [5.74, 6) is 0.102. The van der Waals surface area contributed by atoms with E-state index >= 15 is 0 Å². The number of aromatic hydroxyl groups is 1. The summed E-state index contributed by atoms with van der Waals surface area (Å²) in [5.41, 5.74) is 4.96. The topological polar surface area (TPSA) is 48.4 Å². The second-order valence-electron chi connectivity index (χ2n) is 5.70. The third-order valence-corrected chi connectivity index (χ3v) is 4.20. The number of aromatic amines is 1. The van der Waals surface area contributed by atoms with Crippen LogP contribution in [0.3, 0.4) is 0 Å². The molecule has 0 unspecified atom stereocenters. The number of hydrogen-bond donors (Lipinski definition) is 2. The lowest BCUT2D eigenvalue weighted by Crippen LogP contribution is -1.87. The molecule has 3 nitrogen and oxygen atoms in total. The quantitative estimate of drug-likeness (QED) is 0.608. The Bertz CT molecular complexity index is 880. The number of hydrogen-bond acceptors (Lipinski definition) is 2. The molecule has 0 aliphatic rings. The lowest BCUT2D eigenvalue weighted by molar-refractivity contribution is 0.457. The third-order valence-electron chi connectivity index (χ3n) is 3.97. The average molecular weight is 327 g/mol. The Labute approximate surface area is 140 Å². The molecule has 0 radical (unpaired) electrons. The second-order valence-corrected chi connectivity index (χ2v) is 6.13. The molecule has 3 rings (SSSR count). The van der Waals surface area contributed by atoms with Crippen LogP contribution >= 0.6 is 11.6 Å². The van der Waals surface area contributed by atoms with Gasteiger partial charge < -0.3 is 10.1 Å². The summed E-state index contributed by atoms with van der Waals surface area (Å²) >= 11 is 6.04. The Morgan fingerprint density at radius 2 is 2.04 bits per heavy atom. The Morgan fingerprint density at radius 3 is 2.78 bits per heavy atom. The third kappa shape index (κ3) is 3.25. The van der Waals surface area contributed by atoms with Crippen LogP contribution in [0.5, 0.6) is 5.88 Å². The summed E-state index contributed by atoms with van der Waals surface area (Å²) in [4.78, 5) is 7.44. The van der Waals surface area contributed by atoms with Crippen LogP contribution in [0.25, 0.3) is 10.9 Å². The monoisotopic (exact) mass is 326 g/mol. The van der Waals surface area contributed by atoms with Crippen molar-refractivity contribution in [3.8, 4) is 5.88 Å². The van der Waals surface area contributed by atoms with Crippen molar-refractivity contribution in [3.05, 3.63) is 58.1 Å². The van der Waals surface area contributed by atoms with E-state index in [9.17, 15) is 5.11 Å². The summed E-state index contributed by atoms with van der Waals surface area (Å²) in [6, 6.07) is 11.7. The van der Waals surface area contributed by atoms with Crippen molar-refractivity contribution in [3.63, 3.8) is 0 Å². The van der Waals surface area contributed by atoms with Crippen LogP contribution in [-0.4, -0.2) is 16.3 Å². The zero-order valence-electron chi connectivity index (χ0n) is 13.2. The van der Waals surface area contributed by atoms with Crippen molar-refractivity contribution >= 4 is 34.4 Å². The Kier molecular flexibility index (Phi) is 4.39. The van der Waals surface area contributed by atoms with Crippen LogP contribution in [0.15, 0.2) is 41.4 Å². The van der Waals surface area contributed by atoms with Gasteiger partial charge in [-0.1, -0.05) is 31.0 Å². The van der Waals surface area contributed by atoms with E-state index in [1.54, 1.807) is 12.3 Å². The number of rotatable bonds is 4. The maximum Gasteiger partial charge on any atom is 0.198 e. The van der Waals surface area contributed by atoms with Gasteiger partial charge in [0.05, 0.1) is 11.3 Å². The number of H-pyrrole nitrogens is 1. The zero-order valence-corrected chi connectivity index (χ0v) is 14.0. The number of benzene rings is 2. The molecule has 0 saturated carbocycles. The van der Waals surface area contributed by atoms with E-state index in [4.69, 9.17) is 11.6 Å². The van der Waals surface area contributed by atoms with Gasteiger partial charge in [0.15, 0.2) is 5.88 Å². The van der Waals surface area contributed by atoms with Gasteiger partial charge in [0.2, 0.25) is 0 Å². The van der Waals surface area contributed by atoms with Crippen LogP contribution in [0.4, 0.5) is 5.69 Å². The molecule has 0 aliphatic carbocycles. The van der Waals surface area contributed by atoms with Crippen molar-refractivity contribution in [1.82, 2.24) is 4.98 Å². The number of aliphatic imine (C=N–C) groups is 1. The van der Waals surface area contributed by atoms with E-state index in [0.29, 0.717) is 10.6 Å². The zero-order chi connectivity index (χ0) is 16.4. The van der Waals surface area contributed by atoms with Gasteiger partial charge in [-0.3, -0.25) is 4.99 Å². The number of halogens is 1. The smallest absolute Gasteiger partial charge is 0.198 e. The molecule has 0 saturated heterocycles. The predicted octanol–water partition coefficient (Wildman–Crippen LogP) is 5.54. The first-order chi connectivity index (χ1) is 11.1. The van der Waals surface area contributed by atoms with Gasteiger partial charge in [-0.25, -0.2) is 0 Å². The number of aryl methyl sites for hydroxylation is 2. The Morgan fingerprint density at radius 1 is 1.22 bits per heavy atom. The fraction of sp³-hybridized carbons (Fsp3) is 0.211. The van der Waals surface area contributed by atoms with Crippen LogP contribution in [0, 0.1) is 6.92 Å². The van der Waals surface area contributed by atoms with E-state index in [0.717, 1.165) is 29.4 Å². The number of fused-ring (bicyclic) bond motifs is 1. The van der Waals surface area contributed by atoms with Gasteiger partial charge in [0, 0.05) is 22.1 Å².